The molecule has 3 rings (SSSR count). The Kier molecular flexibility index (Phi) is 2.96. The molecule has 3 aromatic rings. The highest BCUT2D eigenvalue weighted by Gasteiger charge is 2.06. The number of halogens is 1. The molecule has 0 radical (unpaired) electrons. The summed E-state index contributed by atoms with van der Waals surface area (Å²) < 4.78 is 1.02. The topological polar surface area (TPSA) is 76.7 Å². The molecule has 7 heteroatoms. The summed E-state index contributed by atoms with van der Waals surface area (Å²) >= 11 is 7.46. The van der Waals surface area contributed by atoms with E-state index in [0.29, 0.717) is 10.8 Å². The van der Waals surface area contributed by atoms with Crippen LogP contribution in [0.2, 0.25) is 5.02 Å². The number of aromatic nitrogens is 3. The van der Waals surface area contributed by atoms with Gasteiger partial charge in [-0.05, 0) is 25.1 Å². The molecule has 0 saturated carbocycles. The van der Waals surface area contributed by atoms with Crippen LogP contribution < -0.4 is 11.1 Å². The third-order valence-corrected chi connectivity index (χ3v) is 3.63. The molecule has 0 aliphatic carbocycles. The Morgan fingerprint density at radius 1 is 1.21 bits per heavy atom. The molecule has 0 atom stereocenters. The summed E-state index contributed by atoms with van der Waals surface area (Å²) in [6, 6.07) is 7.41. The fraction of sp³-hybridized carbons (Fsp3) is 0.0833. The van der Waals surface area contributed by atoms with Gasteiger partial charge in [-0.3, -0.25) is 0 Å². The minimum Gasteiger partial charge on any atom is -0.368 e. The van der Waals surface area contributed by atoms with Gasteiger partial charge < -0.3 is 11.1 Å². The SMILES string of the molecule is Cc1cc(Nc2nc3ccc(Cl)cc3s2)nc(N)n1. The van der Waals surface area contributed by atoms with Gasteiger partial charge in [-0.15, -0.1) is 0 Å². The Morgan fingerprint density at radius 3 is 2.84 bits per heavy atom. The van der Waals surface area contributed by atoms with Crippen LogP contribution in [0.25, 0.3) is 10.2 Å². The lowest BCUT2D eigenvalue weighted by Gasteiger charge is -2.02. The van der Waals surface area contributed by atoms with Gasteiger partial charge in [0.2, 0.25) is 5.95 Å². The first-order valence-electron chi connectivity index (χ1n) is 5.54. The van der Waals surface area contributed by atoms with Gasteiger partial charge in [0, 0.05) is 16.8 Å². The van der Waals surface area contributed by atoms with Gasteiger partial charge in [-0.1, -0.05) is 22.9 Å². The van der Waals surface area contributed by atoms with E-state index in [2.05, 4.69) is 20.3 Å². The van der Waals surface area contributed by atoms with Crippen molar-refractivity contribution in [1.29, 1.82) is 0 Å². The molecule has 2 heterocycles. The molecule has 5 nitrogen and oxygen atoms in total. The minimum atomic E-state index is 0.242. The van der Waals surface area contributed by atoms with Crippen LogP contribution in [0, 0.1) is 6.92 Å². The van der Waals surface area contributed by atoms with Gasteiger partial charge in [0.05, 0.1) is 10.2 Å². The maximum Gasteiger partial charge on any atom is 0.222 e. The summed E-state index contributed by atoms with van der Waals surface area (Å²) in [5.74, 6) is 0.877. The van der Waals surface area contributed by atoms with Crippen LogP contribution in [0.3, 0.4) is 0 Å². The van der Waals surface area contributed by atoms with Crippen molar-refractivity contribution in [2.45, 2.75) is 6.92 Å². The van der Waals surface area contributed by atoms with E-state index in [4.69, 9.17) is 17.3 Å². The fourth-order valence-corrected chi connectivity index (χ4v) is 2.87. The second-order valence-electron chi connectivity index (χ2n) is 4.01. The second kappa shape index (κ2) is 4.64. The lowest BCUT2D eigenvalue weighted by molar-refractivity contribution is 1.12. The Hall–Kier alpha value is -1.92. The standard InChI is InChI=1S/C12H10ClN5S/c1-6-4-10(17-11(14)15-6)18-12-16-8-3-2-7(13)5-9(8)19-12/h2-5H,1H3,(H3,14,15,16,17,18). The zero-order chi connectivity index (χ0) is 13.4. The van der Waals surface area contributed by atoms with Crippen molar-refractivity contribution in [2.24, 2.45) is 0 Å². The van der Waals surface area contributed by atoms with Gasteiger partial charge in [0.25, 0.3) is 0 Å². The number of thiazole rings is 1. The third-order valence-electron chi connectivity index (χ3n) is 2.46. The number of fused-ring (bicyclic) bond motifs is 1. The average molecular weight is 292 g/mol. The number of nitrogens with two attached hydrogens (primary N) is 1. The van der Waals surface area contributed by atoms with Crippen molar-refractivity contribution in [2.75, 3.05) is 11.1 Å². The van der Waals surface area contributed by atoms with Crippen molar-refractivity contribution >= 4 is 50.1 Å². The first-order valence-corrected chi connectivity index (χ1v) is 6.74. The van der Waals surface area contributed by atoms with Crippen molar-refractivity contribution in [3.8, 4) is 0 Å². The van der Waals surface area contributed by atoms with Crippen molar-refractivity contribution in [1.82, 2.24) is 15.0 Å². The predicted octanol–water partition coefficient (Wildman–Crippen LogP) is 3.37. The number of rotatable bonds is 2. The highest BCUT2D eigenvalue weighted by molar-refractivity contribution is 7.22. The zero-order valence-corrected chi connectivity index (χ0v) is 11.6. The summed E-state index contributed by atoms with van der Waals surface area (Å²) in [4.78, 5) is 12.6. The van der Waals surface area contributed by atoms with E-state index in [1.807, 2.05) is 31.2 Å². The van der Waals surface area contributed by atoms with E-state index >= 15 is 0 Å². The van der Waals surface area contributed by atoms with Gasteiger partial charge >= 0.3 is 0 Å². The normalized spacial score (nSPS) is 10.8. The number of hydrogen-bond acceptors (Lipinski definition) is 6. The van der Waals surface area contributed by atoms with Crippen LogP contribution in [0.4, 0.5) is 16.9 Å². The highest BCUT2D eigenvalue weighted by atomic mass is 35.5. The minimum absolute atomic E-state index is 0.242. The van der Waals surface area contributed by atoms with Gasteiger partial charge in [-0.25, -0.2) is 9.97 Å². The van der Waals surface area contributed by atoms with Crippen LogP contribution in [-0.4, -0.2) is 15.0 Å². The third kappa shape index (κ3) is 2.59. The second-order valence-corrected chi connectivity index (χ2v) is 5.48. The van der Waals surface area contributed by atoms with E-state index in [-0.39, 0.29) is 5.95 Å². The number of benzene rings is 1. The fourth-order valence-electron chi connectivity index (χ4n) is 1.72. The number of anilines is 3. The van der Waals surface area contributed by atoms with E-state index in [1.54, 1.807) is 0 Å². The van der Waals surface area contributed by atoms with Crippen LogP contribution in [0.1, 0.15) is 5.69 Å². The van der Waals surface area contributed by atoms with Crippen molar-refractivity contribution in [3.05, 3.63) is 35.0 Å². The number of nitrogen functional groups attached to an aromatic ring is 1. The molecule has 0 spiro atoms. The predicted molar refractivity (Wildman–Crippen MR) is 79.1 cm³/mol. The molecule has 0 saturated heterocycles. The lowest BCUT2D eigenvalue weighted by Crippen LogP contribution is -2.00. The molecule has 0 unspecified atom stereocenters. The van der Waals surface area contributed by atoms with E-state index in [1.165, 1.54) is 11.3 Å². The van der Waals surface area contributed by atoms with Crippen LogP contribution in [0.5, 0.6) is 0 Å². The Morgan fingerprint density at radius 2 is 2.05 bits per heavy atom. The maximum absolute atomic E-state index is 5.95. The summed E-state index contributed by atoms with van der Waals surface area (Å²) in [5.41, 5.74) is 7.31. The maximum atomic E-state index is 5.95. The molecule has 96 valence electrons. The molecule has 0 aliphatic heterocycles. The van der Waals surface area contributed by atoms with Gasteiger partial charge in [-0.2, -0.15) is 4.98 Å². The summed E-state index contributed by atoms with van der Waals surface area (Å²) in [6.45, 7) is 1.86. The average Bonchev–Trinajstić information content (AvgIpc) is 2.68. The van der Waals surface area contributed by atoms with Crippen LogP contribution in [0.15, 0.2) is 24.3 Å². The van der Waals surface area contributed by atoms with Crippen LogP contribution in [-0.2, 0) is 0 Å². The molecular formula is C12H10ClN5S. The molecule has 3 N–H and O–H groups in total. The summed E-state index contributed by atoms with van der Waals surface area (Å²) in [5, 5.41) is 4.57. The highest BCUT2D eigenvalue weighted by Crippen LogP contribution is 2.29. The molecule has 19 heavy (non-hydrogen) atoms. The number of aryl methyl sites for hydroxylation is 1. The molecule has 0 amide bonds. The molecule has 0 bridgehead atoms. The van der Waals surface area contributed by atoms with Crippen molar-refractivity contribution < 1.29 is 0 Å². The first-order chi connectivity index (χ1) is 9.10. The van der Waals surface area contributed by atoms with Gasteiger partial charge in [0.15, 0.2) is 5.13 Å². The van der Waals surface area contributed by atoms with E-state index < -0.39 is 0 Å². The Labute approximate surface area is 118 Å². The smallest absolute Gasteiger partial charge is 0.222 e. The van der Waals surface area contributed by atoms with E-state index in [0.717, 1.165) is 21.0 Å². The molecule has 0 fully saturated rings. The molecular weight excluding hydrogens is 282 g/mol. The molecule has 0 aliphatic rings. The first kappa shape index (κ1) is 12.1. The van der Waals surface area contributed by atoms with Crippen LogP contribution >= 0.6 is 22.9 Å². The molecule has 1 aromatic carbocycles. The summed E-state index contributed by atoms with van der Waals surface area (Å²) in [6.07, 6.45) is 0. The monoisotopic (exact) mass is 291 g/mol. The lowest BCUT2D eigenvalue weighted by atomic mass is 10.3. The number of hydrogen-bond donors (Lipinski definition) is 2. The van der Waals surface area contributed by atoms with Crippen molar-refractivity contribution in [3.63, 3.8) is 0 Å². The largest absolute Gasteiger partial charge is 0.368 e. The van der Waals surface area contributed by atoms with Gasteiger partial charge in [0.1, 0.15) is 5.82 Å². The summed E-state index contributed by atoms with van der Waals surface area (Å²) in [7, 11) is 0. The zero-order valence-electron chi connectivity index (χ0n) is 10.0. The Bertz CT molecular complexity index is 735. The molecule has 2 aromatic heterocycles. The Balaban J connectivity index is 1.96. The van der Waals surface area contributed by atoms with E-state index in [9.17, 15) is 0 Å². The number of nitrogens with zero attached hydrogens (tertiary/aromatic N) is 3. The quantitative estimate of drug-likeness (QED) is 0.757. The number of nitrogens with one attached hydrogen (secondary N) is 1.